The Labute approximate surface area is 184 Å². The van der Waals surface area contributed by atoms with Gasteiger partial charge in [-0.3, -0.25) is 14.7 Å². The summed E-state index contributed by atoms with van der Waals surface area (Å²) < 4.78 is 14.2. The second kappa shape index (κ2) is 9.29. The largest absolute Gasteiger partial charge is 0.381 e. The highest BCUT2D eigenvalue weighted by Crippen LogP contribution is 2.34. The van der Waals surface area contributed by atoms with Crippen LogP contribution >= 0.6 is 11.6 Å². The maximum atomic E-state index is 14.2. The number of fused-ring (bicyclic) bond motifs is 1. The van der Waals surface area contributed by atoms with Gasteiger partial charge in [-0.2, -0.15) is 5.26 Å². The van der Waals surface area contributed by atoms with Crippen molar-refractivity contribution < 1.29 is 9.18 Å². The zero-order chi connectivity index (χ0) is 21.8. The number of nitriles is 1. The first-order chi connectivity index (χ1) is 15.0. The SMILES string of the molecule is N#Cc1cnc2c(F)ccc(Cl)c2c1NC1CCN(CC(=O)Nc2ccccc2)CC1. The molecule has 2 heterocycles. The van der Waals surface area contributed by atoms with Crippen molar-refractivity contribution in [3.8, 4) is 6.07 Å². The number of halogens is 2. The van der Waals surface area contributed by atoms with Crippen LogP contribution in [0.1, 0.15) is 18.4 Å². The van der Waals surface area contributed by atoms with Gasteiger partial charge in [0, 0.05) is 36.4 Å². The Hall–Kier alpha value is -3.21. The average molecular weight is 438 g/mol. The summed E-state index contributed by atoms with van der Waals surface area (Å²) in [6.45, 7) is 1.78. The number of likely N-dealkylation sites (tertiary alicyclic amines) is 1. The molecule has 1 aliphatic rings. The van der Waals surface area contributed by atoms with Crippen molar-refractivity contribution in [1.82, 2.24) is 9.88 Å². The maximum Gasteiger partial charge on any atom is 0.238 e. The van der Waals surface area contributed by atoms with E-state index in [1.54, 1.807) is 0 Å². The standard InChI is InChI=1S/C23H21ClFN5O/c24-18-6-7-19(25)23-21(18)22(15(12-26)13-27-23)29-17-8-10-30(11-9-17)14-20(31)28-16-4-2-1-3-5-16/h1-7,13,17H,8-11,14H2,(H,27,29)(H,28,31). The molecule has 2 N–H and O–H groups in total. The number of anilines is 2. The number of nitrogens with one attached hydrogen (secondary N) is 2. The van der Waals surface area contributed by atoms with Crippen molar-refractivity contribution in [2.24, 2.45) is 0 Å². The van der Waals surface area contributed by atoms with E-state index in [0.29, 0.717) is 28.2 Å². The fraction of sp³-hybridized carbons (Fsp3) is 0.261. The molecule has 1 amide bonds. The predicted octanol–water partition coefficient (Wildman–Crippen LogP) is 4.41. The van der Waals surface area contributed by atoms with Gasteiger partial charge in [-0.25, -0.2) is 4.39 Å². The van der Waals surface area contributed by atoms with Crippen LogP contribution in [-0.2, 0) is 4.79 Å². The Morgan fingerprint density at radius 2 is 1.97 bits per heavy atom. The normalized spacial score (nSPS) is 14.9. The Bertz CT molecular complexity index is 1140. The van der Waals surface area contributed by atoms with E-state index in [0.717, 1.165) is 31.6 Å². The minimum atomic E-state index is -0.480. The van der Waals surface area contributed by atoms with E-state index in [4.69, 9.17) is 11.6 Å². The van der Waals surface area contributed by atoms with Gasteiger partial charge in [0.05, 0.1) is 22.8 Å². The number of rotatable bonds is 5. The van der Waals surface area contributed by atoms with Crippen molar-refractivity contribution >= 4 is 39.8 Å². The number of aromatic nitrogens is 1. The molecule has 158 valence electrons. The second-order valence-corrected chi connectivity index (χ2v) is 7.93. The van der Waals surface area contributed by atoms with Crippen LogP contribution < -0.4 is 10.6 Å². The Balaban J connectivity index is 1.41. The van der Waals surface area contributed by atoms with Crippen molar-refractivity contribution in [2.75, 3.05) is 30.3 Å². The molecule has 1 fully saturated rings. The summed E-state index contributed by atoms with van der Waals surface area (Å²) in [6, 6.07) is 14.3. The summed E-state index contributed by atoms with van der Waals surface area (Å²) in [5.74, 6) is -0.530. The van der Waals surface area contributed by atoms with Crippen LogP contribution in [0.2, 0.25) is 5.02 Å². The number of hydrogen-bond acceptors (Lipinski definition) is 5. The highest BCUT2D eigenvalue weighted by Gasteiger charge is 2.23. The second-order valence-electron chi connectivity index (χ2n) is 7.52. The molecule has 2 aromatic carbocycles. The zero-order valence-electron chi connectivity index (χ0n) is 16.7. The van der Waals surface area contributed by atoms with E-state index in [1.807, 2.05) is 30.3 Å². The minimum absolute atomic E-state index is 0.0493. The molecule has 1 aromatic heterocycles. The smallest absolute Gasteiger partial charge is 0.238 e. The third kappa shape index (κ3) is 4.76. The van der Waals surface area contributed by atoms with E-state index in [2.05, 4.69) is 26.6 Å². The molecule has 0 unspecified atom stereocenters. The predicted molar refractivity (Wildman–Crippen MR) is 120 cm³/mol. The average Bonchev–Trinajstić information content (AvgIpc) is 2.78. The number of amides is 1. The monoisotopic (exact) mass is 437 g/mol. The van der Waals surface area contributed by atoms with Crippen LogP contribution in [0, 0.1) is 17.1 Å². The number of para-hydroxylation sites is 1. The molecule has 4 rings (SSSR count). The third-order valence-electron chi connectivity index (χ3n) is 5.40. The number of hydrogen-bond donors (Lipinski definition) is 2. The highest BCUT2D eigenvalue weighted by molar-refractivity contribution is 6.36. The van der Waals surface area contributed by atoms with E-state index >= 15 is 0 Å². The third-order valence-corrected chi connectivity index (χ3v) is 5.72. The molecule has 1 saturated heterocycles. The van der Waals surface area contributed by atoms with Gasteiger partial charge in [0.1, 0.15) is 17.4 Å². The number of carbonyl (C=O) groups excluding carboxylic acids is 1. The van der Waals surface area contributed by atoms with E-state index in [9.17, 15) is 14.4 Å². The molecule has 0 spiro atoms. The molecule has 0 aliphatic carbocycles. The molecular weight excluding hydrogens is 417 g/mol. The lowest BCUT2D eigenvalue weighted by atomic mass is 10.0. The van der Waals surface area contributed by atoms with E-state index in [1.165, 1.54) is 18.3 Å². The van der Waals surface area contributed by atoms with Gasteiger partial charge in [0.25, 0.3) is 0 Å². The molecule has 6 nitrogen and oxygen atoms in total. The summed E-state index contributed by atoms with van der Waals surface area (Å²) in [7, 11) is 0. The quantitative estimate of drug-likeness (QED) is 0.617. The van der Waals surface area contributed by atoms with E-state index in [-0.39, 0.29) is 17.5 Å². The fourth-order valence-electron chi connectivity index (χ4n) is 3.83. The first kappa shape index (κ1) is 21.0. The van der Waals surface area contributed by atoms with Crippen molar-refractivity contribution in [1.29, 1.82) is 5.26 Å². The number of benzene rings is 2. The molecule has 0 saturated carbocycles. The molecule has 0 bridgehead atoms. The van der Waals surface area contributed by atoms with Gasteiger partial charge in [-0.1, -0.05) is 29.8 Å². The van der Waals surface area contributed by atoms with Crippen LogP contribution in [0.4, 0.5) is 15.8 Å². The lowest BCUT2D eigenvalue weighted by Crippen LogP contribution is -2.42. The summed E-state index contributed by atoms with van der Waals surface area (Å²) in [4.78, 5) is 18.5. The minimum Gasteiger partial charge on any atom is -0.381 e. The van der Waals surface area contributed by atoms with Crippen molar-refractivity contribution in [2.45, 2.75) is 18.9 Å². The van der Waals surface area contributed by atoms with Gasteiger partial charge in [0.15, 0.2) is 0 Å². The van der Waals surface area contributed by atoms with Gasteiger partial charge in [0.2, 0.25) is 5.91 Å². The van der Waals surface area contributed by atoms with Crippen molar-refractivity contribution in [3.05, 3.63) is 65.1 Å². The Morgan fingerprint density at radius 1 is 1.23 bits per heavy atom. The van der Waals surface area contributed by atoms with Crippen molar-refractivity contribution in [3.63, 3.8) is 0 Å². The highest BCUT2D eigenvalue weighted by atomic mass is 35.5. The molecule has 8 heteroatoms. The van der Waals surface area contributed by atoms with Gasteiger partial charge in [-0.15, -0.1) is 0 Å². The topological polar surface area (TPSA) is 81.1 Å². The Kier molecular flexibility index (Phi) is 6.31. The fourth-order valence-corrected chi connectivity index (χ4v) is 4.08. The number of carbonyl (C=O) groups is 1. The lowest BCUT2D eigenvalue weighted by molar-refractivity contribution is -0.117. The summed E-state index contributed by atoms with van der Waals surface area (Å²) in [6.07, 6.45) is 2.92. The van der Waals surface area contributed by atoms with Gasteiger partial charge in [-0.05, 0) is 37.1 Å². The van der Waals surface area contributed by atoms with Crippen LogP contribution in [-0.4, -0.2) is 41.5 Å². The molecular formula is C23H21ClFN5O. The van der Waals surface area contributed by atoms with Gasteiger partial charge >= 0.3 is 0 Å². The zero-order valence-corrected chi connectivity index (χ0v) is 17.5. The molecule has 0 radical (unpaired) electrons. The summed E-state index contributed by atoms with van der Waals surface area (Å²) >= 11 is 6.32. The van der Waals surface area contributed by atoms with Crippen LogP contribution in [0.3, 0.4) is 0 Å². The maximum absolute atomic E-state index is 14.2. The van der Waals surface area contributed by atoms with Crippen LogP contribution in [0.25, 0.3) is 10.9 Å². The molecule has 31 heavy (non-hydrogen) atoms. The van der Waals surface area contributed by atoms with Gasteiger partial charge < -0.3 is 10.6 Å². The number of nitrogens with zero attached hydrogens (tertiary/aromatic N) is 3. The van der Waals surface area contributed by atoms with E-state index < -0.39 is 5.82 Å². The first-order valence-electron chi connectivity index (χ1n) is 10.1. The van der Waals surface area contributed by atoms with Crippen LogP contribution in [0.5, 0.6) is 0 Å². The number of piperidine rings is 1. The first-order valence-corrected chi connectivity index (χ1v) is 10.4. The van der Waals surface area contributed by atoms with Crippen LogP contribution in [0.15, 0.2) is 48.7 Å². The molecule has 0 atom stereocenters. The molecule has 1 aliphatic heterocycles. The summed E-state index contributed by atoms with van der Waals surface area (Å²) in [5, 5.41) is 16.6. The Morgan fingerprint density at radius 3 is 2.68 bits per heavy atom. The number of pyridine rings is 1. The summed E-state index contributed by atoms with van der Waals surface area (Å²) in [5.41, 5.74) is 1.76. The molecule has 3 aromatic rings. The lowest BCUT2D eigenvalue weighted by Gasteiger charge is -2.32.